The summed E-state index contributed by atoms with van der Waals surface area (Å²) in [5, 5.41) is 41.3. The maximum absolute atomic E-state index is 13.2. The van der Waals surface area contributed by atoms with Crippen molar-refractivity contribution >= 4 is 59.6 Å². The first-order chi connectivity index (χ1) is 32.9. The smallest absolute Gasteiger partial charge is 0.329 e. The summed E-state index contributed by atoms with van der Waals surface area (Å²) >= 11 is 0. The second kappa shape index (κ2) is 31.6. The first kappa shape index (κ1) is 63.4. The van der Waals surface area contributed by atoms with E-state index in [0.29, 0.717) is 25.8 Å². The Hall–Kier alpha value is -5.66. The second-order valence-corrected chi connectivity index (χ2v) is 20.3. The van der Waals surface area contributed by atoms with Crippen LogP contribution in [0.15, 0.2) is 0 Å². The van der Waals surface area contributed by atoms with Gasteiger partial charge in [0.15, 0.2) is 0 Å². The van der Waals surface area contributed by atoms with E-state index in [4.69, 9.17) is 14.2 Å². The van der Waals surface area contributed by atoms with E-state index in [0.717, 1.165) is 0 Å². The largest absolute Gasteiger partial charge is 0.480 e. The van der Waals surface area contributed by atoms with Crippen LogP contribution in [0.1, 0.15) is 107 Å². The summed E-state index contributed by atoms with van der Waals surface area (Å²) in [7, 11) is 0. The molecule has 1 fully saturated rings. The highest BCUT2D eigenvalue weighted by Crippen LogP contribution is 2.15. The number of carboxylic acid groups (broad SMARTS) is 3. The molecule has 1 saturated heterocycles. The molecule has 1 heterocycles. The number of nitrogens with zero attached hydrogens (tertiary/aromatic N) is 4. The van der Waals surface area contributed by atoms with Gasteiger partial charge in [0.1, 0.15) is 28.9 Å². The minimum Gasteiger partial charge on any atom is -0.480 e. The maximum Gasteiger partial charge on any atom is 0.329 e. The van der Waals surface area contributed by atoms with Crippen molar-refractivity contribution in [2.45, 2.75) is 136 Å². The van der Waals surface area contributed by atoms with Crippen LogP contribution in [0.5, 0.6) is 0 Å². The van der Waals surface area contributed by atoms with Crippen molar-refractivity contribution in [3.8, 4) is 0 Å². The van der Waals surface area contributed by atoms with Crippen LogP contribution in [0.3, 0.4) is 0 Å². The fourth-order valence-electron chi connectivity index (χ4n) is 6.79. The number of amides is 5. The molecule has 1 aliphatic heterocycles. The normalized spacial score (nSPS) is 15.8. The van der Waals surface area contributed by atoms with E-state index in [-0.39, 0.29) is 117 Å². The molecule has 0 saturated carbocycles. The lowest BCUT2D eigenvalue weighted by Gasteiger charge is -2.32. The Labute approximate surface area is 416 Å². The molecular formula is C46H81N9O16. The number of nitrogens with one attached hydrogen (secondary N) is 5. The quantitative estimate of drug-likeness (QED) is 0.0311. The van der Waals surface area contributed by atoms with Gasteiger partial charge in [-0.3, -0.25) is 53.2 Å². The van der Waals surface area contributed by atoms with Crippen LogP contribution >= 0.6 is 0 Å². The molecule has 0 aliphatic carbocycles. The molecule has 0 aromatic heterocycles. The third kappa shape index (κ3) is 33.5. The van der Waals surface area contributed by atoms with Crippen LogP contribution in [0.2, 0.25) is 0 Å². The lowest BCUT2D eigenvalue weighted by atomic mass is 10.1. The third-order valence-electron chi connectivity index (χ3n) is 10.0. The van der Waals surface area contributed by atoms with Crippen LogP contribution in [0.4, 0.5) is 4.79 Å². The zero-order chi connectivity index (χ0) is 54.0. The van der Waals surface area contributed by atoms with Crippen molar-refractivity contribution in [3.05, 3.63) is 0 Å². The molecule has 406 valence electrons. The lowest BCUT2D eigenvalue weighted by molar-refractivity contribution is -0.159. The zero-order valence-corrected chi connectivity index (χ0v) is 43.1. The molecule has 0 aromatic carbocycles. The molecule has 2 unspecified atom stereocenters. The van der Waals surface area contributed by atoms with Gasteiger partial charge in [0.2, 0.25) is 17.7 Å². The van der Waals surface area contributed by atoms with Crippen LogP contribution < -0.4 is 26.6 Å². The Bertz CT molecular complexity index is 1750. The number of hydrogen-bond donors (Lipinski definition) is 8. The van der Waals surface area contributed by atoms with E-state index >= 15 is 0 Å². The number of esters is 3. The van der Waals surface area contributed by atoms with Crippen molar-refractivity contribution < 1.29 is 77.5 Å². The van der Waals surface area contributed by atoms with Gasteiger partial charge >= 0.3 is 41.8 Å². The number of carboxylic acids is 3. The van der Waals surface area contributed by atoms with Crippen LogP contribution in [-0.2, 0) is 57.4 Å². The molecule has 0 bridgehead atoms. The summed E-state index contributed by atoms with van der Waals surface area (Å²) in [5.41, 5.74) is -2.60. The van der Waals surface area contributed by atoms with E-state index in [1.54, 1.807) is 81.9 Å². The summed E-state index contributed by atoms with van der Waals surface area (Å²) in [5.74, 6) is -6.70. The predicted octanol–water partition coefficient (Wildman–Crippen LogP) is -0.397. The second-order valence-electron chi connectivity index (χ2n) is 20.3. The Kier molecular flexibility index (Phi) is 28.2. The summed E-state index contributed by atoms with van der Waals surface area (Å²) in [4.78, 5) is 131. The average molecular weight is 1020 g/mol. The topological polar surface area (TPSA) is 332 Å². The number of hydrogen-bond acceptors (Lipinski definition) is 17. The van der Waals surface area contributed by atoms with Crippen LogP contribution in [0, 0.1) is 0 Å². The van der Waals surface area contributed by atoms with Gasteiger partial charge in [0.25, 0.3) is 0 Å². The zero-order valence-electron chi connectivity index (χ0n) is 43.1. The van der Waals surface area contributed by atoms with Gasteiger partial charge in [-0.25, -0.2) is 14.4 Å². The number of carbonyl (C=O) groups is 10. The molecule has 2 atom stereocenters. The van der Waals surface area contributed by atoms with Crippen molar-refractivity contribution in [2.75, 3.05) is 98.2 Å². The Morgan fingerprint density at radius 2 is 0.803 bits per heavy atom. The Morgan fingerprint density at radius 1 is 0.451 bits per heavy atom. The van der Waals surface area contributed by atoms with Gasteiger partial charge in [-0.05, 0) is 94.4 Å². The molecular weight excluding hydrogens is 935 g/mol. The fourth-order valence-corrected chi connectivity index (χ4v) is 6.79. The number of rotatable bonds is 26. The van der Waals surface area contributed by atoms with Crippen molar-refractivity contribution in [1.82, 2.24) is 46.2 Å². The monoisotopic (exact) mass is 1020 g/mol. The van der Waals surface area contributed by atoms with E-state index in [1.165, 1.54) is 0 Å². The predicted molar refractivity (Wildman–Crippen MR) is 257 cm³/mol. The minimum atomic E-state index is -1.28. The Balaban J connectivity index is 2.66. The number of carbonyl (C=O) groups excluding carboxylic acids is 7. The molecule has 0 spiro atoms. The summed E-state index contributed by atoms with van der Waals surface area (Å²) < 4.78 is 16.3. The molecule has 71 heavy (non-hydrogen) atoms. The number of urea groups is 1. The molecule has 25 nitrogen and oxygen atoms in total. The van der Waals surface area contributed by atoms with Gasteiger partial charge in [-0.1, -0.05) is 0 Å². The van der Waals surface area contributed by atoms with Crippen molar-refractivity contribution in [3.63, 3.8) is 0 Å². The highest BCUT2D eigenvalue weighted by Gasteiger charge is 2.32. The Morgan fingerprint density at radius 3 is 1.17 bits per heavy atom. The molecule has 5 amide bonds. The van der Waals surface area contributed by atoms with E-state index < -0.39 is 88.5 Å². The van der Waals surface area contributed by atoms with Crippen LogP contribution in [-0.4, -0.2) is 222 Å². The number of aliphatic carboxylic acids is 3. The van der Waals surface area contributed by atoms with Gasteiger partial charge in [0, 0.05) is 78.3 Å². The SMILES string of the molecule is CC(C)(C)OC(=O)CCC(NC(=O)NC(CCC(=O)NCCCCCNC(=O)CNC(=O)CN1CCN(CC(=O)O)CCN(CC(=O)O)CCN(CC(=O)O)CC1)C(=O)OC(C)(C)C)C(=O)OC(C)(C)C. The molecule has 1 rings (SSSR count). The summed E-state index contributed by atoms with van der Waals surface area (Å²) in [6, 6.07) is -3.48. The fraction of sp³-hybridized carbons (Fsp3) is 0.783. The summed E-state index contributed by atoms with van der Waals surface area (Å²) in [6.07, 6.45) is 1.05. The van der Waals surface area contributed by atoms with Crippen molar-refractivity contribution in [2.24, 2.45) is 0 Å². The molecule has 0 radical (unpaired) electrons. The van der Waals surface area contributed by atoms with E-state index in [9.17, 15) is 63.3 Å². The van der Waals surface area contributed by atoms with E-state index in [2.05, 4.69) is 26.6 Å². The molecule has 1 aliphatic rings. The van der Waals surface area contributed by atoms with E-state index in [1.807, 2.05) is 0 Å². The van der Waals surface area contributed by atoms with Gasteiger partial charge in [-0.15, -0.1) is 0 Å². The minimum absolute atomic E-state index is 0.142. The van der Waals surface area contributed by atoms with Gasteiger partial charge < -0.3 is 56.1 Å². The summed E-state index contributed by atoms with van der Waals surface area (Å²) in [6.45, 7) is 16.1. The first-order valence-electron chi connectivity index (χ1n) is 24.0. The number of unbranched alkanes of at least 4 members (excludes halogenated alkanes) is 2. The van der Waals surface area contributed by atoms with Crippen molar-refractivity contribution in [1.29, 1.82) is 0 Å². The molecule has 8 N–H and O–H groups in total. The van der Waals surface area contributed by atoms with Gasteiger partial charge in [-0.2, -0.15) is 0 Å². The first-order valence-corrected chi connectivity index (χ1v) is 24.0. The average Bonchev–Trinajstić information content (AvgIpc) is 3.21. The maximum atomic E-state index is 13.2. The molecule has 25 heteroatoms. The highest BCUT2D eigenvalue weighted by molar-refractivity contribution is 5.88. The van der Waals surface area contributed by atoms with Gasteiger partial charge in [0.05, 0.1) is 32.7 Å². The lowest BCUT2D eigenvalue weighted by Crippen LogP contribution is -2.53. The number of ether oxygens (including phenoxy) is 3. The standard InChI is InChI=1S/C46H81N9O16/c1-44(2,3)69-40(65)16-14-33(42(67)71-46(7,8)9)51-43(68)50-32(41(66)70-45(4,5)6)13-15-34(56)47-17-11-10-12-18-48-35(57)27-49-36(58)28-52-19-21-53(29-37(59)60)23-25-55(31-39(63)64)26-24-54(22-20-52)30-38(61)62/h32-33H,10-31H2,1-9H3,(H,47,56)(H,48,57)(H,49,58)(H,59,60)(H,61,62)(H,63,64)(H2,50,51,68). The third-order valence-corrected chi connectivity index (χ3v) is 10.0. The van der Waals surface area contributed by atoms with Crippen LogP contribution in [0.25, 0.3) is 0 Å². The highest BCUT2D eigenvalue weighted by atomic mass is 16.6. The molecule has 0 aromatic rings.